The average Bonchev–Trinajstić information content (AvgIpc) is 3.80. The van der Waals surface area contributed by atoms with Crippen molar-refractivity contribution in [3.05, 3.63) is 71.8 Å². The van der Waals surface area contributed by atoms with Crippen molar-refractivity contribution >= 4 is 59.0 Å². The van der Waals surface area contributed by atoms with Crippen molar-refractivity contribution in [2.45, 2.75) is 84.6 Å². The van der Waals surface area contributed by atoms with Crippen molar-refractivity contribution in [2.24, 2.45) is 11.8 Å². The zero-order valence-corrected chi connectivity index (χ0v) is 27.5. The summed E-state index contributed by atoms with van der Waals surface area (Å²) in [7, 11) is 0. The van der Waals surface area contributed by atoms with Gasteiger partial charge < -0.3 is 9.47 Å². The molecule has 0 bridgehead atoms. The number of benzene rings is 2. The fourth-order valence-electron chi connectivity index (χ4n) is 7.48. The predicted molar refractivity (Wildman–Crippen MR) is 179 cm³/mol. The molecule has 2 atom stereocenters. The highest BCUT2D eigenvalue weighted by atomic mass is 32.2. The van der Waals surface area contributed by atoms with Crippen LogP contribution in [0.25, 0.3) is 0 Å². The zero-order chi connectivity index (χ0) is 28.8. The van der Waals surface area contributed by atoms with E-state index in [1.54, 1.807) is 0 Å². The summed E-state index contributed by atoms with van der Waals surface area (Å²) in [6.07, 6.45) is 10.8. The molecule has 2 saturated carbocycles. The van der Waals surface area contributed by atoms with Gasteiger partial charge in [-0.3, -0.25) is 0 Å². The Morgan fingerprint density at radius 3 is 1.19 bits per heavy atom. The van der Waals surface area contributed by atoms with Crippen LogP contribution in [0.1, 0.15) is 75.3 Å². The Labute approximate surface area is 268 Å². The van der Waals surface area contributed by atoms with Crippen molar-refractivity contribution in [3.8, 4) is 0 Å². The zero-order valence-electron chi connectivity index (χ0n) is 24.2. The molecule has 2 heterocycles. The molecule has 4 fully saturated rings. The lowest BCUT2D eigenvalue weighted by molar-refractivity contribution is -0.192. The Morgan fingerprint density at radius 2 is 0.857 bits per heavy atom. The number of hydrogen-bond acceptors (Lipinski definition) is 8. The molecule has 4 aliphatic rings. The standard InChI is InChI=1S/C34H42O4S4/c35-29(37-33(27-17-7-8-18-27,25-13-3-1-4-14-25)31-39-21-11-22-40-31)30(36)38-34(28-19-9-10-20-28,26-15-5-2-6-16-26)32-41-23-12-24-42-32/h1-6,13-16,27-28,31-32H,7-12,17-24H2. The van der Waals surface area contributed by atoms with Crippen LogP contribution in [0, 0.1) is 11.8 Å². The molecule has 2 unspecified atom stereocenters. The van der Waals surface area contributed by atoms with Crippen LogP contribution in [-0.2, 0) is 30.3 Å². The fraction of sp³-hybridized carbons (Fsp3) is 0.588. The van der Waals surface area contributed by atoms with E-state index in [1.807, 2.05) is 83.4 Å². The third kappa shape index (κ3) is 6.16. The number of esters is 2. The molecule has 2 aromatic rings. The van der Waals surface area contributed by atoms with Crippen molar-refractivity contribution in [3.63, 3.8) is 0 Å². The van der Waals surface area contributed by atoms with E-state index in [1.165, 1.54) is 0 Å². The molecule has 6 rings (SSSR count). The van der Waals surface area contributed by atoms with Gasteiger partial charge in [-0.15, -0.1) is 47.0 Å². The molecular weight excluding hydrogens is 601 g/mol. The first-order valence-electron chi connectivity index (χ1n) is 15.7. The SMILES string of the molecule is O=C(OC(c1ccccc1)(C1CCCC1)C1SCCCS1)C(=O)OC(c1ccccc1)(C1CCCC1)C1SCCCS1. The molecule has 2 saturated heterocycles. The van der Waals surface area contributed by atoms with Crippen LogP contribution in [0.4, 0.5) is 0 Å². The maximum Gasteiger partial charge on any atom is 0.418 e. The minimum atomic E-state index is -0.860. The quantitative estimate of drug-likeness (QED) is 0.210. The number of ether oxygens (including phenoxy) is 2. The molecule has 2 aromatic carbocycles. The lowest BCUT2D eigenvalue weighted by Crippen LogP contribution is -2.51. The van der Waals surface area contributed by atoms with E-state index in [2.05, 4.69) is 24.3 Å². The molecule has 0 spiro atoms. The first kappa shape index (κ1) is 30.8. The summed E-state index contributed by atoms with van der Waals surface area (Å²) < 4.78 is 13.4. The summed E-state index contributed by atoms with van der Waals surface area (Å²) in [5, 5.41) is 0. The molecule has 0 N–H and O–H groups in total. The van der Waals surface area contributed by atoms with Crippen LogP contribution in [0.5, 0.6) is 0 Å². The average molecular weight is 643 g/mol. The smallest absolute Gasteiger partial charge is 0.418 e. The number of thioether (sulfide) groups is 4. The van der Waals surface area contributed by atoms with E-state index < -0.39 is 23.1 Å². The van der Waals surface area contributed by atoms with Crippen LogP contribution in [-0.4, -0.2) is 44.1 Å². The van der Waals surface area contributed by atoms with Gasteiger partial charge in [-0.1, -0.05) is 86.3 Å². The van der Waals surface area contributed by atoms with Gasteiger partial charge in [0.2, 0.25) is 0 Å². The van der Waals surface area contributed by atoms with Crippen molar-refractivity contribution in [2.75, 3.05) is 23.0 Å². The van der Waals surface area contributed by atoms with Gasteiger partial charge in [-0.25, -0.2) is 9.59 Å². The molecular formula is C34H42O4S4. The van der Waals surface area contributed by atoms with Crippen molar-refractivity contribution < 1.29 is 19.1 Å². The van der Waals surface area contributed by atoms with Gasteiger partial charge in [0.05, 0.1) is 9.16 Å². The molecule has 8 heteroatoms. The largest absolute Gasteiger partial charge is 0.443 e. The third-order valence-corrected chi connectivity index (χ3v) is 15.8. The van der Waals surface area contributed by atoms with E-state index in [9.17, 15) is 9.59 Å². The highest BCUT2D eigenvalue weighted by Gasteiger charge is 2.56. The summed E-state index contributed by atoms with van der Waals surface area (Å²) in [5.41, 5.74) is 0.295. The van der Waals surface area contributed by atoms with Crippen LogP contribution >= 0.6 is 47.0 Å². The van der Waals surface area contributed by atoms with Crippen LogP contribution in [0.2, 0.25) is 0 Å². The number of hydrogen-bond donors (Lipinski definition) is 0. The fourth-order valence-corrected chi connectivity index (χ4v) is 14.4. The topological polar surface area (TPSA) is 52.6 Å². The maximum atomic E-state index is 14.2. The van der Waals surface area contributed by atoms with Crippen LogP contribution < -0.4 is 0 Å². The van der Waals surface area contributed by atoms with Gasteiger partial charge in [0.15, 0.2) is 11.2 Å². The second-order valence-corrected chi connectivity index (χ2v) is 17.4. The van der Waals surface area contributed by atoms with Gasteiger partial charge in [0, 0.05) is 11.8 Å². The van der Waals surface area contributed by atoms with Gasteiger partial charge in [-0.2, -0.15) is 0 Å². The van der Waals surface area contributed by atoms with E-state index in [0.717, 1.165) is 98.3 Å². The third-order valence-electron chi connectivity index (χ3n) is 9.42. The normalized spacial score (nSPS) is 24.1. The van der Waals surface area contributed by atoms with E-state index in [0.29, 0.717) is 0 Å². The molecule has 42 heavy (non-hydrogen) atoms. The van der Waals surface area contributed by atoms with E-state index in [-0.39, 0.29) is 21.0 Å². The molecule has 0 radical (unpaired) electrons. The summed E-state index contributed by atoms with van der Waals surface area (Å²) in [6.45, 7) is 0. The molecule has 226 valence electrons. The lowest BCUT2D eigenvalue weighted by Gasteiger charge is -2.46. The first-order chi connectivity index (χ1) is 20.6. The Kier molecular flexibility index (Phi) is 10.5. The predicted octanol–water partition coefficient (Wildman–Crippen LogP) is 8.64. The summed E-state index contributed by atoms with van der Waals surface area (Å²) in [5.74, 6) is 2.84. The second kappa shape index (κ2) is 14.3. The summed E-state index contributed by atoms with van der Waals surface area (Å²) in [4.78, 5) is 28.4. The minimum Gasteiger partial charge on any atom is -0.443 e. The lowest BCUT2D eigenvalue weighted by atomic mass is 9.80. The van der Waals surface area contributed by atoms with Gasteiger partial charge in [0.25, 0.3) is 0 Å². The highest BCUT2D eigenvalue weighted by molar-refractivity contribution is 8.18. The van der Waals surface area contributed by atoms with Crippen LogP contribution in [0.15, 0.2) is 60.7 Å². The Balaban J connectivity index is 1.37. The second-order valence-electron chi connectivity index (χ2n) is 11.9. The highest BCUT2D eigenvalue weighted by Crippen LogP contribution is 2.56. The number of rotatable bonds is 8. The van der Waals surface area contributed by atoms with E-state index in [4.69, 9.17) is 9.47 Å². The molecule has 2 aliphatic heterocycles. The van der Waals surface area contributed by atoms with Crippen LogP contribution in [0.3, 0.4) is 0 Å². The van der Waals surface area contributed by atoms with Crippen molar-refractivity contribution in [1.29, 1.82) is 0 Å². The number of carbonyl (C=O) groups excluding carboxylic acids is 2. The summed E-state index contributed by atoms with van der Waals surface area (Å²) >= 11 is 7.54. The van der Waals surface area contributed by atoms with Gasteiger partial charge in [0.1, 0.15) is 0 Å². The molecule has 0 amide bonds. The minimum absolute atomic E-state index is 0.0478. The monoisotopic (exact) mass is 642 g/mol. The van der Waals surface area contributed by atoms with Gasteiger partial charge >= 0.3 is 11.9 Å². The first-order valence-corrected chi connectivity index (χ1v) is 19.9. The maximum absolute atomic E-state index is 14.2. The number of carbonyl (C=O) groups is 2. The Morgan fingerprint density at radius 1 is 0.524 bits per heavy atom. The van der Waals surface area contributed by atoms with Crippen molar-refractivity contribution in [1.82, 2.24) is 0 Å². The molecule has 0 aromatic heterocycles. The van der Waals surface area contributed by atoms with E-state index >= 15 is 0 Å². The summed E-state index contributed by atoms with van der Waals surface area (Å²) in [6, 6.07) is 20.5. The van der Waals surface area contributed by atoms with Gasteiger partial charge in [-0.05, 0) is 72.7 Å². The Hall–Kier alpha value is -1.22. The molecule has 4 nitrogen and oxygen atoms in total. The Bertz CT molecular complexity index is 1080. The molecule has 2 aliphatic carbocycles.